The first kappa shape index (κ1) is 19.4. The maximum atomic E-state index is 12.9. The fraction of sp³-hybridized carbons (Fsp3) is 0.381. The second-order valence-electron chi connectivity index (χ2n) is 7.71. The average Bonchev–Trinajstić information content (AvgIpc) is 3.32. The summed E-state index contributed by atoms with van der Waals surface area (Å²) in [6, 6.07) is 15.7. The Labute approximate surface area is 170 Å². The van der Waals surface area contributed by atoms with E-state index in [0.29, 0.717) is 24.5 Å². The Bertz CT molecular complexity index is 1010. The molecule has 0 spiro atoms. The van der Waals surface area contributed by atoms with E-state index >= 15 is 0 Å². The summed E-state index contributed by atoms with van der Waals surface area (Å²) in [7, 11) is -3.25. The molecule has 0 aromatic heterocycles. The van der Waals surface area contributed by atoms with Crippen molar-refractivity contribution in [3.63, 3.8) is 0 Å². The number of sulfonamides is 1. The Morgan fingerprint density at radius 2 is 1.96 bits per heavy atom. The summed E-state index contributed by atoms with van der Waals surface area (Å²) in [6.45, 7) is 1.05. The van der Waals surface area contributed by atoms with Gasteiger partial charge in [-0.15, -0.1) is 0 Å². The van der Waals surface area contributed by atoms with E-state index in [2.05, 4.69) is 16.9 Å². The minimum Gasteiger partial charge on any atom is -0.341 e. The van der Waals surface area contributed by atoms with Crippen molar-refractivity contribution in [1.29, 1.82) is 0 Å². The van der Waals surface area contributed by atoms with Gasteiger partial charge in [0.25, 0.3) is 0 Å². The monoisotopic (exact) mass is 418 g/mol. The van der Waals surface area contributed by atoms with Gasteiger partial charge >= 0.3 is 0 Å². The van der Waals surface area contributed by atoms with Crippen LogP contribution in [-0.2, 0) is 14.8 Å². The average molecular weight is 419 g/mol. The first-order chi connectivity index (χ1) is 13.3. The molecule has 1 aliphatic carbocycles. The number of carbonyl (C=O) groups excluding carboxylic acids is 1. The Kier molecular flexibility index (Phi) is 5.21. The van der Waals surface area contributed by atoms with Crippen LogP contribution in [0.15, 0.2) is 48.5 Å². The van der Waals surface area contributed by atoms with Gasteiger partial charge in [0.2, 0.25) is 15.9 Å². The zero-order valence-electron chi connectivity index (χ0n) is 15.6. The summed E-state index contributed by atoms with van der Waals surface area (Å²) in [6.07, 6.45) is 2.65. The molecular formula is C21H23ClN2O3S. The van der Waals surface area contributed by atoms with Gasteiger partial charge in [0.1, 0.15) is 0 Å². The lowest BCUT2D eigenvalue weighted by molar-refractivity contribution is -0.131. The minimum atomic E-state index is -3.25. The number of nitrogens with one attached hydrogen (secondary N) is 1. The normalized spacial score (nSPS) is 24.4. The van der Waals surface area contributed by atoms with Gasteiger partial charge in [0.05, 0.1) is 6.26 Å². The van der Waals surface area contributed by atoms with E-state index in [1.54, 1.807) is 4.90 Å². The zero-order chi connectivity index (χ0) is 19.9. The van der Waals surface area contributed by atoms with E-state index < -0.39 is 10.0 Å². The molecule has 1 saturated carbocycles. The summed E-state index contributed by atoms with van der Waals surface area (Å²) in [4.78, 5) is 14.7. The van der Waals surface area contributed by atoms with Gasteiger partial charge in [-0.25, -0.2) is 13.1 Å². The third-order valence-corrected chi connectivity index (χ3v) is 6.48. The summed E-state index contributed by atoms with van der Waals surface area (Å²) in [5.74, 6) is 0.297. The number of benzene rings is 2. The molecule has 3 atom stereocenters. The lowest BCUT2D eigenvalue weighted by atomic mass is 9.96. The van der Waals surface area contributed by atoms with Gasteiger partial charge < -0.3 is 4.90 Å². The quantitative estimate of drug-likeness (QED) is 0.810. The zero-order valence-corrected chi connectivity index (χ0v) is 17.2. The van der Waals surface area contributed by atoms with Crippen LogP contribution in [0.25, 0.3) is 11.1 Å². The van der Waals surface area contributed by atoms with E-state index in [9.17, 15) is 13.2 Å². The van der Waals surface area contributed by atoms with Gasteiger partial charge in [-0.1, -0.05) is 48.0 Å². The van der Waals surface area contributed by atoms with Gasteiger partial charge in [0.15, 0.2) is 0 Å². The molecule has 0 bridgehead atoms. The van der Waals surface area contributed by atoms with Crippen molar-refractivity contribution < 1.29 is 13.2 Å². The first-order valence-corrected chi connectivity index (χ1v) is 11.7. The molecule has 0 unspecified atom stereocenters. The van der Waals surface area contributed by atoms with Crippen LogP contribution in [0.1, 0.15) is 24.3 Å². The number of nitrogens with zero attached hydrogens (tertiary/aromatic N) is 1. The largest absolute Gasteiger partial charge is 0.341 e. The number of rotatable bonds is 5. The maximum absolute atomic E-state index is 12.9. The van der Waals surface area contributed by atoms with Crippen LogP contribution >= 0.6 is 11.6 Å². The van der Waals surface area contributed by atoms with Crippen LogP contribution in [0.4, 0.5) is 0 Å². The molecule has 1 saturated heterocycles. The molecular weight excluding hydrogens is 396 g/mol. The minimum absolute atomic E-state index is 0.0303. The molecule has 28 heavy (non-hydrogen) atoms. The smallest absolute Gasteiger partial charge is 0.226 e. The van der Waals surface area contributed by atoms with E-state index in [0.717, 1.165) is 23.8 Å². The van der Waals surface area contributed by atoms with Crippen molar-refractivity contribution in [2.45, 2.75) is 24.8 Å². The molecule has 2 aromatic carbocycles. The fourth-order valence-corrected chi connectivity index (χ4v) is 5.13. The Morgan fingerprint density at radius 1 is 1.18 bits per heavy atom. The third-order valence-electron chi connectivity index (χ3n) is 5.48. The van der Waals surface area contributed by atoms with E-state index in [4.69, 9.17) is 11.6 Å². The second-order valence-corrected chi connectivity index (χ2v) is 9.92. The van der Waals surface area contributed by atoms with Crippen LogP contribution in [0.3, 0.4) is 0 Å². The molecule has 2 aliphatic rings. The molecule has 5 nitrogen and oxygen atoms in total. The van der Waals surface area contributed by atoms with Crippen LogP contribution in [-0.4, -0.2) is 44.6 Å². The highest BCUT2D eigenvalue weighted by Gasteiger charge is 2.47. The van der Waals surface area contributed by atoms with Crippen molar-refractivity contribution in [1.82, 2.24) is 9.62 Å². The molecule has 1 aliphatic heterocycles. The number of hydrogen-bond acceptors (Lipinski definition) is 3. The molecule has 148 valence electrons. The molecule has 7 heteroatoms. The van der Waals surface area contributed by atoms with E-state index in [1.165, 1.54) is 5.56 Å². The van der Waals surface area contributed by atoms with Gasteiger partial charge in [0, 0.05) is 30.1 Å². The van der Waals surface area contributed by atoms with Crippen LogP contribution in [0.5, 0.6) is 0 Å². The highest BCUT2D eigenvalue weighted by molar-refractivity contribution is 7.88. The summed E-state index contributed by atoms with van der Waals surface area (Å²) in [5, 5.41) is 0.692. The molecule has 1 amide bonds. The van der Waals surface area contributed by atoms with Crippen molar-refractivity contribution in [2.75, 3.05) is 19.3 Å². The van der Waals surface area contributed by atoms with Crippen molar-refractivity contribution in [3.8, 4) is 11.1 Å². The molecule has 1 N–H and O–H groups in total. The van der Waals surface area contributed by atoms with Gasteiger partial charge in [-0.3, -0.25) is 4.79 Å². The Balaban J connectivity index is 1.47. The molecule has 2 fully saturated rings. The van der Waals surface area contributed by atoms with Crippen LogP contribution < -0.4 is 4.72 Å². The molecule has 1 heterocycles. The Morgan fingerprint density at radius 3 is 2.71 bits per heavy atom. The van der Waals surface area contributed by atoms with E-state index in [1.807, 2.05) is 36.4 Å². The highest BCUT2D eigenvalue weighted by atomic mass is 35.5. The predicted molar refractivity (Wildman–Crippen MR) is 111 cm³/mol. The standard InChI is InChI=1S/C21H23ClN2O3S/c1-28(26,27)23-16-9-10-24(13-16)21(25)20-12-19(20)18-8-3-2-7-17(18)14-5-4-6-15(22)11-14/h2-8,11,16,19-20,23H,9-10,12-13H2,1H3/t16-,19-,20+/m0/s1. The van der Waals surface area contributed by atoms with Gasteiger partial charge in [-0.05, 0) is 47.6 Å². The molecule has 0 radical (unpaired) electrons. The fourth-order valence-electron chi connectivity index (χ4n) is 4.14. The lowest BCUT2D eigenvalue weighted by Crippen LogP contribution is -2.38. The number of halogens is 1. The maximum Gasteiger partial charge on any atom is 0.226 e. The molecule has 4 rings (SSSR count). The summed E-state index contributed by atoms with van der Waals surface area (Å²) in [5.41, 5.74) is 3.34. The van der Waals surface area contributed by atoms with E-state index in [-0.39, 0.29) is 23.8 Å². The third kappa shape index (κ3) is 4.24. The number of likely N-dealkylation sites (tertiary alicyclic amines) is 1. The number of carbonyl (C=O) groups is 1. The van der Waals surface area contributed by atoms with Crippen LogP contribution in [0.2, 0.25) is 5.02 Å². The lowest BCUT2D eigenvalue weighted by Gasteiger charge is -2.17. The van der Waals surface area contributed by atoms with Crippen molar-refractivity contribution >= 4 is 27.5 Å². The topological polar surface area (TPSA) is 66.5 Å². The number of hydrogen-bond donors (Lipinski definition) is 1. The summed E-state index contributed by atoms with van der Waals surface area (Å²) < 4.78 is 25.4. The van der Waals surface area contributed by atoms with Crippen LogP contribution in [0, 0.1) is 5.92 Å². The summed E-state index contributed by atoms with van der Waals surface area (Å²) >= 11 is 6.16. The predicted octanol–water partition coefficient (Wildman–Crippen LogP) is 3.26. The Hall–Kier alpha value is -1.89. The second kappa shape index (κ2) is 7.50. The van der Waals surface area contributed by atoms with Gasteiger partial charge in [-0.2, -0.15) is 0 Å². The highest BCUT2D eigenvalue weighted by Crippen LogP contribution is 2.51. The van der Waals surface area contributed by atoms with Crippen molar-refractivity contribution in [3.05, 3.63) is 59.1 Å². The molecule has 2 aromatic rings. The number of amides is 1. The van der Waals surface area contributed by atoms with Crippen molar-refractivity contribution in [2.24, 2.45) is 5.92 Å². The first-order valence-electron chi connectivity index (χ1n) is 9.43. The SMILES string of the molecule is CS(=O)(=O)N[C@H]1CCN(C(=O)[C@@H]2C[C@H]2c2ccccc2-c2cccc(Cl)c2)C1.